The maximum Gasteiger partial charge on any atom is 0.253 e. The summed E-state index contributed by atoms with van der Waals surface area (Å²) in [6.45, 7) is 2.52. The van der Waals surface area contributed by atoms with Gasteiger partial charge >= 0.3 is 0 Å². The van der Waals surface area contributed by atoms with Crippen molar-refractivity contribution in [2.45, 2.75) is 25.9 Å². The maximum absolute atomic E-state index is 12.7. The fraction of sp³-hybridized carbons (Fsp3) is 0.214. The zero-order valence-electron chi connectivity index (χ0n) is 19.3. The monoisotopic (exact) mass is 456 g/mol. The molecule has 0 aromatic heterocycles. The second kappa shape index (κ2) is 10.7. The average molecular weight is 457 g/mol. The number of methoxy groups -OCH3 is 1. The summed E-state index contributed by atoms with van der Waals surface area (Å²) >= 11 is 0. The summed E-state index contributed by atoms with van der Waals surface area (Å²) < 4.78 is 11.3. The largest absolute Gasteiger partial charge is 0.496 e. The van der Waals surface area contributed by atoms with E-state index in [1.165, 1.54) is 6.08 Å². The number of rotatable bonds is 8. The Morgan fingerprint density at radius 3 is 2.65 bits per heavy atom. The highest BCUT2D eigenvalue weighted by atomic mass is 16.5. The molecular weight excluding hydrogens is 428 g/mol. The van der Waals surface area contributed by atoms with Crippen LogP contribution in [0.15, 0.2) is 72.8 Å². The van der Waals surface area contributed by atoms with Crippen molar-refractivity contribution in [1.29, 1.82) is 0 Å². The van der Waals surface area contributed by atoms with Crippen LogP contribution in [0.4, 0.5) is 5.69 Å². The molecule has 2 N–H and O–H groups in total. The van der Waals surface area contributed by atoms with Crippen LogP contribution in [0.5, 0.6) is 11.5 Å². The van der Waals surface area contributed by atoms with Gasteiger partial charge in [-0.2, -0.15) is 0 Å². The summed E-state index contributed by atoms with van der Waals surface area (Å²) in [6.07, 6.45) is 4.79. The van der Waals surface area contributed by atoms with Crippen LogP contribution in [0.3, 0.4) is 0 Å². The van der Waals surface area contributed by atoms with Crippen molar-refractivity contribution in [3.05, 3.63) is 95.1 Å². The minimum Gasteiger partial charge on any atom is -0.496 e. The minimum absolute atomic E-state index is 0.123. The average Bonchev–Trinajstić information content (AvgIpc) is 3.21. The van der Waals surface area contributed by atoms with E-state index in [0.29, 0.717) is 23.5 Å². The highest BCUT2D eigenvalue weighted by molar-refractivity contribution is 6.07. The van der Waals surface area contributed by atoms with Gasteiger partial charge in [-0.25, -0.2) is 0 Å². The van der Waals surface area contributed by atoms with Gasteiger partial charge in [0.2, 0.25) is 5.91 Å². The molecule has 0 aliphatic carbocycles. The quantitative estimate of drug-likeness (QED) is 0.484. The zero-order valence-corrected chi connectivity index (χ0v) is 19.3. The molecule has 34 heavy (non-hydrogen) atoms. The SMILES string of the molecule is COc1cc2c(cc1/C=C/C(=O)Nc1ccccc1C(=O)NCCc1ccccc1)OC(C)C2. The number of benzene rings is 3. The van der Waals surface area contributed by atoms with Crippen LogP contribution in [0.25, 0.3) is 6.08 Å². The van der Waals surface area contributed by atoms with E-state index in [4.69, 9.17) is 9.47 Å². The van der Waals surface area contributed by atoms with E-state index in [1.807, 2.05) is 49.4 Å². The number of amides is 2. The van der Waals surface area contributed by atoms with Gasteiger partial charge < -0.3 is 20.1 Å². The molecular formula is C28H28N2O4. The summed E-state index contributed by atoms with van der Waals surface area (Å²) in [6, 6.07) is 20.7. The lowest BCUT2D eigenvalue weighted by Gasteiger charge is -2.11. The third-order valence-electron chi connectivity index (χ3n) is 5.63. The Labute approximate surface area is 199 Å². The standard InChI is InChI=1S/C28H28N2O4/c1-19-16-22-18-25(33-2)21(17-26(22)34-19)12-13-27(31)30-24-11-7-6-10-23(24)28(32)29-15-14-20-8-4-3-5-9-20/h3-13,17-19H,14-16H2,1-2H3,(H,29,32)(H,30,31)/b13-12+. The van der Waals surface area contributed by atoms with E-state index >= 15 is 0 Å². The van der Waals surface area contributed by atoms with E-state index < -0.39 is 0 Å². The molecule has 0 radical (unpaired) electrons. The van der Waals surface area contributed by atoms with Gasteiger partial charge in [-0.05, 0) is 49.2 Å². The Hall–Kier alpha value is -4.06. The summed E-state index contributed by atoms with van der Waals surface area (Å²) in [5, 5.41) is 5.73. The highest BCUT2D eigenvalue weighted by Gasteiger charge is 2.21. The molecule has 2 amide bonds. The fourth-order valence-corrected chi connectivity index (χ4v) is 3.95. The van der Waals surface area contributed by atoms with Gasteiger partial charge in [-0.15, -0.1) is 0 Å². The van der Waals surface area contributed by atoms with E-state index in [2.05, 4.69) is 10.6 Å². The van der Waals surface area contributed by atoms with Gasteiger partial charge in [0.25, 0.3) is 5.91 Å². The number of para-hydroxylation sites is 1. The van der Waals surface area contributed by atoms with Crippen LogP contribution in [-0.2, 0) is 17.6 Å². The molecule has 3 aromatic carbocycles. The third-order valence-corrected chi connectivity index (χ3v) is 5.63. The van der Waals surface area contributed by atoms with E-state index in [-0.39, 0.29) is 17.9 Å². The van der Waals surface area contributed by atoms with Crippen LogP contribution in [0, 0.1) is 0 Å². The first-order chi connectivity index (χ1) is 16.5. The van der Waals surface area contributed by atoms with Crippen molar-refractivity contribution < 1.29 is 19.1 Å². The number of hydrogen-bond acceptors (Lipinski definition) is 4. The number of fused-ring (bicyclic) bond motifs is 1. The summed E-state index contributed by atoms with van der Waals surface area (Å²) in [4.78, 5) is 25.4. The van der Waals surface area contributed by atoms with E-state index in [9.17, 15) is 9.59 Å². The second-order valence-electron chi connectivity index (χ2n) is 8.19. The molecule has 0 saturated heterocycles. The van der Waals surface area contributed by atoms with Crippen LogP contribution in [0.1, 0.15) is 34.0 Å². The van der Waals surface area contributed by atoms with Crippen molar-refractivity contribution in [2.75, 3.05) is 19.0 Å². The minimum atomic E-state index is -0.346. The Morgan fingerprint density at radius 2 is 1.85 bits per heavy atom. The first-order valence-electron chi connectivity index (χ1n) is 11.3. The van der Waals surface area contributed by atoms with Gasteiger partial charge in [-0.1, -0.05) is 42.5 Å². The molecule has 174 valence electrons. The summed E-state index contributed by atoms with van der Waals surface area (Å²) in [5.41, 5.74) is 3.86. The highest BCUT2D eigenvalue weighted by Crippen LogP contribution is 2.35. The van der Waals surface area contributed by atoms with Gasteiger partial charge in [0.1, 0.15) is 17.6 Å². The van der Waals surface area contributed by atoms with E-state index in [1.54, 1.807) is 37.5 Å². The molecule has 1 atom stereocenters. The lowest BCUT2D eigenvalue weighted by molar-refractivity contribution is -0.111. The zero-order chi connectivity index (χ0) is 23.9. The topological polar surface area (TPSA) is 76.7 Å². The van der Waals surface area contributed by atoms with Crippen molar-refractivity contribution in [3.8, 4) is 11.5 Å². The maximum atomic E-state index is 12.7. The summed E-state index contributed by atoms with van der Waals surface area (Å²) in [5.74, 6) is 0.910. The molecule has 1 aliphatic rings. The van der Waals surface area contributed by atoms with Crippen LogP contribution in [0.2, 0.25) is 0 Å². The first kappa shape index (κ1) is 23.1. The lowest BCUT2D eigenvalue weighted by Crippen LogP contribution is -2.27. The normalized spacial score (nSPS) is 14.4. The van der Waals surface area contributed by atoms with Crippen LogP contribution in [-0.4, -0.2) is 31.6 Å². The Balaban J connectivity index is 1.40. The predicted molar refractivity (Wildman–Crippen MR) is 133 cm³/mol. The Kier molecular flexibility index (Phi) is 7.28. The van der Waals surface area contributed by atoms with E-state index in [0.717, 1.165) is 35.3 Å². The van der Waals surface area contributed by atoms with Gasteiger partial charge in [0.15, 0.2) is 0 Å². The number of hydrogen-bond donors (Lipinski definition) is 2. The summed E-state index contributed by atoms with van der Waals surface area (Å²) in [7, 11) is 1.60. The lowest BCUT2D eigenvalue weighted by atomic mass is 10.1. The first-order valence-corrected chi connectivity index (χ1v) is 11.3. The molecule has 6 nitrogen and oxygen atoms in total. The predicted octanol–water partition coefficient (Wildman–Crippen LogP) is 4.64. The van der Waals surface area contributed by atoms with Gasteiger partial charge in [0.05, 0.1) is 18.4 Å². The number of ether oxygens (including phenoxy) is 2. The smallest absolute Gasteiger partial charge is 0.253 e. The molecule has 6 heteroatoms. The molecule has 0 spiro atoms. The molecule has 1 aliphatic heterocycles. The second-order valence-corrected chi connectivity index (χ2v) is 8.19. The fourth-order valence-electron chi connectivity index (χ4n) is 3.95. The van der Waals surface area contributed by atoms with Gasteiger partial charge in [-0.3, -0.25) is 9.59 Å². The Bertz CT molecular complexity index is 1200. The van der Waals surface area contributed by atoms with Gasteiger partial charge in [0, 0.05) is 30.2 Å². The van der Waals surface area contributed by atoms with Crippen LogP contribution >= 0.6 is 0 Å². The third kappa shape index (κ3) is 5.64. The number of carbonyl (C=O) groups excluding carboxylic acids is 2. The van der Waals surface area contributed by atoms with Crippen molar-refractivity contribution in [2.24, 2.45) is 0 Å². The number of carbonyl (C=O) groups is 2. The molecule has 0 fully saturated rings. The molecule has 0 saturated carbocycles. The molecule has 3 aromatic rings. The molecule has 1 unspecified atom stereocenters. The molecule has 0 bridgehead atoms. The molecule has 4 rings (SSSR count). The van der Waals surface area contributed by atoms with Crippen molar-refractivity contribution >= 4 is 23.6 Å². The van der Waals surface area contributed by atoms with Crippen molar-refractivity contribution in [3.63, 3.8) is 0 Å². The van der Waals surface area contributed by atoms with Crippen molar-refractivity contribution in [1.82, 2.24) is 5.32 Å². The molecule has 1 heterocycles. The van der Waals surface area contributed by atoms with Crippen LogP contribution < -0.4 is 20.1 Å². The Morgan fingerprint density at radius 1 is 1.09 bits per heavy atom. The number of nitrogens with one attached hydrogen (secondary N) is 2. The number of anilines is 1.